The first-order valence-corrected chi connectivity index (χ1v) is 5.10. The van der Waals surface area contributed by atoms with Crippen LogP contribution in [0.4, 0.5) is 5.69 Å². The van der Waals surface area contributed by atoms with E-state index in [4.69, 9.17) is 16.3 Å². The molecule has 5 nitrogen and oxygen atoms in total. The minimum absolute atomic E-state index is 0.130. The van der Waals surface area contributed by atoms with Gasteiger partial charge in [-0.05, 0) is 6.07 Å². The molecule has 1 N–H and O–H groups in total. The number of nitrogens with one attached hydrogen (secondary N) is 1. The molecular weight excluding hydrogens is 246 g/mol. The van der Waals surface area contributed by atoms with E-state index in [0.717, 1.165) is 0 Å². The Morgan fingerprint density at radius 1 is 1.29 bits per heavy atom. The normalized spacial score (nSPS) is 9.65. The van der Waals surface area contributed by atoms with Crippen LogP contribution in [-0.4, -0.2) is 26.1 Å². The van der Waals surface area contributed by atoms with Crippen molar-refractivity contribution in [1.82, 2.24) is 0 Å². The summed E-state index contributed by atoms with van der Waals surface area (Å²) < 4.78 is 9.62. The molecule has 0 aliphatic heterocycles. The van der Waals surface area contributed by atoms with Gasteiger partial charge in [-0.2, -0.15) is 0 Å². The van der Waals surface area contributed by atoms with Crippen molar-refractivity contribution in [2.75, 3.05) is 19.5 Å². The van der Waals surface area contributed by atoms with Gasteiger partial charge in [-0.1, -0.05) is 11.6 Å². The molecule has 0 fully saturated rings. The summed E-state index contributed by atoms with van der Waals surface area (Å²) in [5.74, 6) is -0.594. The molecule has 1 amide bonds. The summed E-state index contributed by atoms with van der Waals surface area (Å²) in [6.07, 6.45) is 0. The summed E-state index contributed by atoms with van der Waals surface area (Å²) in [6.45, 7) is 1.37. The first-order chi connectivity index (χ1) is 7.99. The van der Waals surface area contributed by atoms with Crippen molar-refractivity contribution in [3.63, 3.8) is 0 Å². The SMILES string of the molecule is COC(=O)c1c(Cl)cc(NC(C)=O)cc1OC. The zero-order chi connectivity index (χ0) is 13.0. The lowest BCUT2D eigenvalue weighted by Gasteiger charge is -2.11. The van der Waals surface area contributed by atoms with Crippen LogP contribution >= 0.6 is 11.6 Å². The van der Waals surface area contributed by atoms with E-state index in [0.29, 0.717) is 5.69 Å². The molecule has 0 spiro atoms. The highest BCUT2D eigenvalue weighted by Gasteiger charge is 2.18. The Morgan fingerprint density at radius 3 is 2.41 bits per heavy atom. The first kappa shape index (κ1) is 13.3. The number of amides is 1. The second kappa shape index (κ2) is 5.54. The Kier molecular flexibility index (Phi) is 4.34. The lowest BCUT2D eigenvalue weighted by molar-refractivity contribution is -0.114. The number of esters is 1. The second-order valence-corrected chi connectivity index (χ2v) is 3.62. The van der Waals surface area contributed by atoms with Gasteiger partial charge >= 0.3 is 5.97 Å². The molecule has 1 aromatic carbocycles. The highest BCUT2D eigenvalue weighted by Crippen LogP contribution is 2.31. The molecule has 0 atom stereocenters. The number of carbonyl (C=O) groups is 2. The molecule has 1 rings (SSSR count). The van der Waals surface area contributed by atoms with Gasteiger partial charge in [0.2, 0.25) is 5.91 Å². The molecule has 1 aromatic rings. The van der Waals surface area contributed by atoms with Crippen LogP contribution in [0.15, 0.2) is 12.1 Å². The second-order valence-electron chi connectivity index (χ2n) is 3.21. The summed E-state index contributed by atoms with van der Waals surface area (Å²) >= 11 is 5.94. The molecule has 92 valence electrons. The van der Waals surface area contributed by atoms with Crippen LogP contribution in [0.5, 0.6) is 5.75 Å². The van der Waals surface area contributed by atoms with Crippen molar-refractivity contribution in [1.29, 1.82) is 0 Å². The fourth-order valence-electron chi connectivity index (χ4n) is 1.32. The molecule has 0 heterocycles. The predicted octanol–water partition coefficient (Wildman–Crippen LogP) is 2.09. The monoisotopic (exact) mass is 257 g/mol. The Morgan fingerprint density at radius 2 is 1.94 bits per heavy atom. The number of hydrogen-bond donors (Lipinski definition) is 1. The standard InChI is InChI=1S/C11H12ClNO4/c1-6(14)13-7-4-8(12)10(11(15)17-3)9(5-7)16-2/h4-5H,1-3H3,(H,13,14). The van der Waals surface area contributed by atoms with Crippen molar-refractivity contribution >= 4 is 29.2 Å². The molecule has 0 saturated heterocycles. The average molecular weight is 258 g/mol. The van der Waals surface area contributed by atoms with Gasteiger partial charge < -0.3 is 14.8 Å². The summed E-state index contributed by atoms with van der Waals surface area (Å²) in [4.78, 5) is 22.4. The van der Waals surface area contributed by atoms with Crippen molar-refractivity contribution in [2.24, 2.45) is 0 Å². The van der Waals surface area contributed by atoms with Crippen molar-refractivity contribution in [3.05, 3.63) is 22.7 Å². The maximum absolute atomic E-state index is 11.5. The third kappa shape index (κ3) is 3.10. The summed E-state index contributed by atoms with van der Waals surface area (Å²) in [5, 5.41) is 2.70. The third-order valence-electron chi connectivity index (χ3n) is 1.98. The molecule has 0 bridgehead atoms. The number of carbonyl (C=O) groups excluding carboxylic acids is 2. The topological polar surface area (TPSA) is 64.6 Å². The third-order valence-corrected chi connectivity index (χ3v) is 2.28. The van der Waals surface area contributed by atoms with Crippen LogP contribution in [0.3, 0.4) is 0 Å². The highest BCUT2D eigenvalue weighted by atomic mass is 35.5. The molecule has 0 unspecified atom stereocenters. The van der Waals surface area contributed by atoms with Crippen LogP contribution in [0.1, 0.15) is 17.3 Å². The summed E-state index contributed by atoms with van der Waals surface area (Å²) in [6, 6.07) is 2.96. The fourth-order valence-corrected chi connectivity index (χ4v) is 1.61. The zero-order valence-corrected chi connectivity index (χ0v) is 10.4. The molecule has 0 saturated carbocycles. The number of anilines is 1. The van der Waals surface area contributed by atoms with Gasteiger partial charge in [0.25, 0.3) is 0 Å². The minimum Gasteiger partial charge on any atom is -0.496 e. The minimum atomic E-state index is -0.596. The quantitative estimate of drug-likeness (QED) is 0.842. The van der Waals surface area contributed by atoms with E-state index < -0.39 is 5.97 Å². The van der Waals surface area contributed by atoms with E-state index in [-0.39, 0.29) is 22.2 Å². The van der Waals surface area contributed by atoms with Gasteiger partial charge in [-0.15, -0.1) is 0 Å². The van der Waals surface area contributed by atoms with E-state index in [1.54, 1.807) is 0 Å². The zero-order valence-electron chi connectivity index (χ0n) is 9.67. The molecular formula is C11H12ClNO4. The average Bonchev–Trinajstić information content (AvgIpc) is 2.26. The summed E-state index contributed by atoms with van der Waals surface area (Å²) in [5.41, 5.74) is 0.581. The molecule has 0 radical (unpaired) electrons. The van der Waals surface area contributed by atoms with E-state index in [2.05, 4.69) is 10.1 Å². The largest absolute Gasteiger partial charge is 0.496 e. The lowest BCUT2D eigenvalue weighted by Crippen LogP contribution is -2.09. The van der Waals surface area contributed by atoms with Gasteiger partial charge in [0.1, 0.15) is 11.3 Å². The molecule has 17 heavy (non-hydrogen) atoms. The van der Waals surface area contributed by atoms with Crippen LogP contribution in [0.2, 0.25) is 5.02 Å². The van der Waals surface area contributed by atoms with E-state index >= 15 is 0 Å². The smallest absolute Gasteiger partial charge is 0.343 e. The van der Waals surface area contributed by atoms with E-state index in [1.165, 1.54) is 33.3 Å². The predicted molar refractivity (Wildman–Crippen MR) is 63.6 cm³/mol. The van der Waals surface area contributed by atoms with Crippen LogP contribution < -0.4 is 10.1 Å². The van der Waals surface area contributed by atoms with Gasteiger partial charge in [-0.3, -0.25) is 4.79 Å². The van der Waals surface area contributed by atoms with E-state index in [1.807, 2.05) is 0 Å². The number of hydrogen-bond acceptors (Lipinski definition) is 4. The Labute approximate surface area is 104 Å². The summed E-state index contributed by atoms with van der Waals surface area (Å²) in [7, 11) is 2.65. The van der Waals surface area contributed by atoms with Crippen molar-refractivity contribution in [2.45, 2.75) is 6.92 Å². The van der Waals surface area contributed by atoms with Gasteiger partial charge in [0, 0.05) is 18.7 Å². The number of rotatable bonds is 3. The van der Waals surface area contributed by atoms with Gasteiger partial charge in [-0.25, -0.2) is 4.79 Å². The Bertz CT molecular complexity index is 459. The molecule has 6 heteroatoms. The van der Waals surface area contributed by atoms with Crippen LogP contribution in [0, 0.1) is 0 Å². The Hall–Kier alpha value is -1.75. The molecule has 0 aromatic heterocycles. The maximum atomic E-state index is 11.5. The van der Waals surface area contributed by atoms with Crippen LogP contribution in [0.25, 0.3) is 0 Å². The molecule has 0 aliphatic carbocycles. The number of ether oxygens (including phenoxy) is 2. The number of benzene rings is 1. The fraction of sp³-hybridized carbons (Fsp3) is 0.273. The lowest BCUT2D eigenvalue weighted by atomic mass is 10.1. The van der Waals surface area contributed by atoms with E-state index in [9.17, 15) is 9.59 Å². The Balaban J connectivity index is 3.25. The molecule has 0 aliphatic rings. The van der Waals surface area contributed by atoms with Gasteiger partial charge in [0.05, 0.1) is 19.2 Å². The van der Waals surface area contributed by atoms with Crippen LogP contribution in [-0.2, 0) is 9.53 Å². The number of methoxy groups -OCH3 is 2. The van der Waals surface area contributed by atoms with Crippen molar-refractivity contribution < 1.29 is 19.1 Å². The first-order valence-electron chi connectivity index (χ1n) is 4.73. The van der Waals surface area contributed by atoms with Crippen molar-refractivity contribution in [3.8, 4) is 5.75 Å². The maximum Gasteiger partial charge on any atom is 0.343 e. The van der Waals surface area contributed by atoms with Gasteiger partial charge in [0.15, 0.2) is 0 Å². The number of halogens is 1. The highest BCUT2D eigenvalue weighted by molar-refractivity contribution is 6.34.